The third kappa shape index (κ3) is 2.73. The molecule has 6 nitrogen and oxygen atoms in total. The summed E-state index contributed by atoms with van der Waals surface area (Å²) >= 11 is 6.14. The number of nitrogens with zero attached hydrogens (tertiary/aromatic N) is 3. The normalized spacial score (nSPS) is 14.5. The SMILES string of the molecule is COc1ccc(Cl)cc1N1CC(O)=C(c2nc3cc(C)ccc3n2C)C1=N. The van der Waals surface area contributed by atoms with Crippen LogP contribution in [0.25, 0.3) is 16.6 Å². The van der Waals surface area contributed by atoms with Crippen molar-refractivity contribution in [3.63, 3.8) is 0 Å². The van der Waals surface area contributed by atoms with Gasteiger partial charge in [-0.05, 0) is 42.8 Å². The van der Waals surface area contributed by atoms with Crippen LogP contribution in [0.15, 0.2) is 42.2 Å². The Morgan fingerprint density at radius 1 is 1.22 bits per heavy atom. The van der Waals surface area contributed by atoms with Crippen LogP contribution < -0.4 is 9.64 Å². The summed E-state index contributed by atoms with van der Waals surface area (Å²) in [5, 5.41) is 19.9. The molecule has 0 radical (unpaired) electrons. The van der Waals surface area contributed by atoms with Crippen molar-refractivity contribution in [3.8, 4) is 5.75 Å². The molecular weight excluding hydrogens is 364 g/mol. The van der Waals surface area contributed by atoms with E-state index in [1.165, 1.54) is 0 Å². The van der Waals surface area contributed by atoms with Gasteiger partial charge in [0.05, 0.1) is 35.9 Å². The fourth-order valence-electron chi connectivity index (χ4n) is 3.43. The van der Waals surface area contributed by atoms with Gasteiger partial charge in [-0.3, -0.25) is 5.41 Å². The van der Waals surface area contributed by atoms with Crippen LogP contribution in [0.1, 0.15) is 11.4 Å². The highest BCUT2D eigenvalue weighted by Gasteiger charge is 2.33. The maximum Gasteiger partial charge on any atom is 0.148 e. The second-order valence-electron chi connectivity index (χ2n) is 6.56. The van der Waals surface area contributed by atoms with Crippen molar-refractivity contribution in [3.05, 3.63) is 58.6 Å². The van der Waals surface area contributed by atoms with Gasteiger partial charge in [0.2, 0.25) is 0 Å². The topological polar surface area (TPSA) is 74.4 Å². The number of fused-ring (bicyclic) bond motifs is 1. The predicted molar refractivity (Wildman–Crippen MR) is 108 cm³/mol. The Kier molecular flexibility index (Phi) is 4.08. The smallest absolute Gasteiger partial charge is 0.148 e. The van der Waals surface area contributed by atoms with Crippen molar-refractivity contribution < 1.29 is 9.84 Å². The lowest BCUT2D eigenvalue weighted by molar-refractivity contribution is 0.406. The van der Waals surface area contributed by atoms with Crippen molar-refractivity contribution in [2.45, 2.75) is 6.92 Å². The number of rotatable bonds is 3. The van der Waals surface area contributed by atoms with E-state index >= 15 is 0 Å². The van der Waals surface area contributed by atoms with Crippen LogP contribution in [-0.4, -0.2) is 34.1 Å². The Morgan fingerprint density at radius 3 is 2.74 bits per heavy atom. The van der Waals surface area contributed by atoms with Crippen molar-refractivity contribution in [1.29, 1.82) is 5.41 Å². The predicted octanol–water partition coefficient (Wildman–Crippen LogP) is 4.31. The van der Waals surface area contributed by atoms with E-state index in [0.29, 0.717) is 27.9 Å². The summed E-state index contributed by atoms with van der Waals surface area (Å²) in [5.41, 5.74) is 3.93. The molecule has 0 aliphatic carbocycles. The van der Waals surface area contributed by atoms with Gasteiger partial charge in [-0.2, -0.15) is 0 Å². The molecule has 0 amide bonds. The quantitative estimate of drug-likeness (QED) is 0.707. The van der Waals surface area contributed by atoms with Crippen LogP contribution in [-0.2, 0) is 7.05 Å². The van der Waals surface area contributed by atoms with E-state index in [-0.39, 0.29) is 18.1 Å². The molecule has 2 heterocycles. The maximum atomic E-state index is 10.7. The Labute approximate surface area is 161 Å². The first-order chi connectivity index (χ1) is 12.9. The van der Waals surface area contributed by atoms with Crippen molar-refractivity contribution in [1.82, 2.24) is 9.55 Å². The minimum absolute atomic E-state index is 0.0946. The van der Waals surface area contributed by atoms with Crippen molar-refractivity contribution >= 4 is 39.7 Å². The average Bonchev–Trinajstić information content (AvgIpc) is 3.10. The number of methoxy groups -OCH3 is 1. The van der Waals surface area contributed by atoms with Gasteiger partial charge in [-0.1, -0.05) is 17.7 Å². The number of aromatic nitrogens is 2. The Hall–Kier alpha value is -2.99. The molecule has 4 rings (SSSR count). The zero-order valence-corrected chi connectivity index (χ0v) is 16.0. The monoisotopic (exact) mass is 382 g/mol. The second-order valence-corrected chi connectivity index (χ2v) is 7.00. The molecule has 1 aliphatic heterocycles. The minimum atomic E-state index is 0.0946. The van der Waals surface area contributed by atoms with Gasteiger partial charge < -0.3 is 19.3 Å². The molecular formula is C20H19ClN4O2. The molecule has 2 aromatic carbocycles. The average molecular weight is 383 g/mol. The first kappa shape index (κ1) is 17.4. The summed E-state index contributed by atoms with van der Waals surface area (Å²) in [4.78, 5) is 6.33. The van der Waals surface area contributed by atoms with Crippen LogP contribution >= 0.6 is 11.6 Å². The van der Waals surface area contributed by atoms with Crippen LogP contribution in [0.2, 0.25) is 5.02 Å². The third-order valence-corrected chi connectivity index (χ3v) is 5.03. The minimum Gasteiger partial charge on any atom is -0.509 e. The number of anilines is 1. The zero-order chi connectivity index (χ0) is 19.3. The number of halogens is 1. The van der Waals surface area contributed by atoms with Crippen LogP contribution in [0.5, 0.6) is 5.75 Å². The summed E-state index contributed by atoms with van der Waals surface area (Å²) in [7, 11) is 3.45. The highest BCUT2D eigenvalue weighted by Crippen LogP contribution is 2.37. The fourth-order valence-corrected chi connectivity index (χ4v) is 3.59. The van der Waals surface area contributed by atoms with Crippen LogP contribution in [0.3, 0.4) is 0 Å². The lowest BCUT2D eigenvalue weighted by Gasteiger charge is -2.21. The molecule has 1 aromatic heterocycles. The van der Waals surface area contributed by atoms with Gasteiger partial charge in [-0.25, -0.2) is 4.98 Å². The molecule has 0 spiro atoms. The molecule has 138 valence electrons. The standard InChI is InChI=1S/C20H19ClN4O2/c1-11-4-6-14-13(8-11)23-20(24(14)2)18-16(26)10-25(19(18)22)15-9-12(21)5-7-17(15)27-3/h4-9,22,26H,10H2,1-3H3. The molecule has 3 aromatic rings. The van der Waals surface area contributed by atoms with E-state index in [1.807, 2.05) is 36.7 Å². The molecule has 1 aliphatic rings. The van der Waals surface area contributed by atoms with E-state index in [9.17, 15) is 5.11 Å². The molecule has 0 fully saturated rings. The summed E-state index contributed by atoms with van der Waals surface area (Å²) in [6.45, 7) is 2.17. The van der Waals surface area contributed by atoms with Gasteiger partial charge in [0.25, 0.3) is 0 Å². The Balaban J connectivity index is 1.80. The molecule has 2 N–H and O–H groups in total. The van der Waals surface area contributed by atoms with E-state index < -0.39 is 0 Å². The van der Waals surface area contributed by atoms with Crippen LogP contribution in [0.4, 0.5) is 5.69 Å². The van der Waals surface area contributed by atoms with E-state index in [0.717, 1.165) is 16.6 Å². The number of nitrogens with one attached hydrogen (secondary N) is 1. The molecule has 0 unspecified atom stereocenters. The molecule has 27 heavy (non-hydrogen) atoms. The van der Waals surface area contributed by atoms with E-state index in [2.05, 4.69) is 4.98 Å². The first-order valence-corrected chi connectivity index (χ1v) is 8.84. The number of imidazole rings is 1. The van der Waals surface area contributed by atoms with Crippen LogP contribution in [0, 0.1) is 12.3 Å². The highest BCUT2D eigenvalue weighted by molar-refractivity contribution is 6.33. The summed E-state index contributed by atoms with van der Waals surface area (Å²) in [5.74, 6) is 1.39. The zero-order valence-electron chi connectivity index (χ0n) is 15.2. The number of ether oxygens (including phenoxy) is 1. The summed E-state index contributed by atoms with van der Waals surface area (Å²) in [6, 6.07) is 11.2. The largest absolute Gasteiger partial charge is 0.509 e. The van der Waals surface area contributed by atoms with E-state index in [1.54, 1.807) is 30.2 Å². The van der Waals surface area contributed by atoms with Gasteiger partial charge in [0, 0.05) is 12.1 Å². The van der Waals surface area contributed by atoms with Gasteiger partial charge in [0.15, 0.2) is 0 Å². The lowest BCUT2D eigenvalue weighted by atomic mass is 10.2. The van der Waals surface area contributed by atoms with E-state index in [4.69, 9.17) is 21.7 Å². The number of hydrogen-bond donors (Lipinski definition) is 2. The van der Waals surface area contributed by atoms with Gasteiger partial charge >= 0.3 is 0 Å². The Morgan fingerprint density at radius 2 is 2.00 bits per heavy atom. The summed E-state index contributed by atoms with van der Waals surface area (Å²) in [6.07, 6.45) is 0. The number of hydrogen-bond acceptors (Lipinski definition) is 4. The Bertz CT molecular complexity index is 1120. The number of aliphatic hydroxyl groups is 1. The number of benzene rings is 2. The molecule has 7 heteroatoms. The molecule has 0 saturated heterocycles. The lowest BCUT2D eigenvalue weighted by Crippen LogP contribution is -2.27. The third-order valence-electron chi connectivity index (χ3n) is 4.79. The summed E-state index contributed by atoms with van der Waals surface area (Å²) < 4.78 is 7.30. The first-order valence-electron chi connectivity index (χ1n) is 8.46. The highest BCUT2D eigenvalue weighted by atomic mass is 35.5. The van der Waals surface area contributed by atoms with Gasteiger partial charge in [0.1, 0.15) is 23.2 Å². The molecule has 0 saturated carbocycles. The molecule has 0 bridgehead atoms. The van der Waals surface area contributed by atoms with Crippen molar-refractivity contribution in [2.75, 3.05) is 18.6 Å². The second kappa shape index (κ2) is 6.32. The number of amidine groups is 1. The maximum absolute atomic E-state index is 10.7. The number of aryl methyl sites for hydroxylation is 2. The molecule has 0 atom stereocenters. The number of aliphatic hydroxyl groups excluding tert-OH is 1. The fraction of sp³-hybridized carbons (Fsp3) is 0.200. The van der Waals surface area contributed by atoms with Gasteiger partial charge in [-0.15, -0.1) is 0 Å². The van der Waals surface area contributed by atoms with Crippen molar-refractivity contribution in [2.24, 2.45) is 7.05 Å².